The SMILES string of the molecule is CC(C)N/C1=C(\N)c2ccccc2C(C)Cc2ccccc21.N. The molecule has 1 atom stereocenters. The second kappa shape index (κ2) is 6.88. The lowest BCUT2D eigenvalue weighted by Gasteiger charge is -2.26. The topological polar surface area (TPSA) is 73.0 Å². The summed E-state index contributed by atoms with van der Waals surface area (Å²) in [7, 11) is 0. The van der Waals surface area contributed by atoms with Gasteiger partial charge in [-0.2, -0.15) is 0 Å². The van der Waals surface area contributed by atoms with Crippen molar-refractivity contribution in [3.05, 3.63) is 70.8 Å². The first kappa shape index (κ1) is 17.1. The number of fused-ring (bicyclic) bond motifs is 2. The van der Waals surface area contributed by atoms with Crippen molar-refractivity contribution in [3.8, 4) is 0 Å². The van der Waals surface area contributed by atoms with Gasteiger partial charge in [0.2, 0.25) is 0 Å². The highest BCUT2D eigenvalue weighted by Crippen LogP contribution is 2.35. The third kappa shape index (κ3) is 3.25. The van der Waals surface area contributed by atoms with Gasteiger partial charge in [-0.15, -0.1) is 0 Å². The van der Waals surface area contributed by atoms with Crippen LogP contribution in [0.5, 0.6) is 0 Å². The lowest BCUT2D eigenvalue weighted by Crippen LogP contribution is -2.26. The van der Waals surface area contributed by atoms with Gasteiger partial charge < -0.3 is 17.2 Å². The number of benzene rings is 2. The molecule has 0 aliphatic heterocycles. The quantitative estimate of drug-likeness (QED) is 0.774. The second-order valence-corrected chi connectivity index (χ2v) is 6.44. The summed E-state index contributed by atoms with van der Waals surface area (Å²) in [6.45, 7) is 6.58. The first-order chi connectivity index (χ1) is 10.6. The molecule has 0 saturated heterocycles. The molecule has 3 heteroatoms. The molecule has 3 rings (SSSR count). The molecule has 23 heavy (non-hydrogen) atoms. The van der Waals surface area contributed by atoms with E-state index in [1.54, 1.807) is 0 Å². The van der Waals surface area contributed by atoms with Gasteiger partial charge in [0.25, 0.3) is 0 Å². The molecule has 0 aromatic heterocycles. The summed E-state index contributed by atoms with van der Waals surface area (Å²) in [5, 5.41) is 3.57. The molecule has 1 aliphatic carbocycles. The Morgan fingerprint density at radius 3 is 2.30 bits per heavy atom. The van der Waals surface area contributed by atoms with E-state index in [9.17, 15) is 0 Å². The Labute approximate surface area is 139 Å². The smallest absolute Gasteiger partial charge is 0.0658 e. The van der Waals surface area contributed by atoms with Crippen LogP contribution in [0.1, 0.15) is 48.9 Å². The molecule has 0 bridgehead atoms. The van der Waals surface area contributed by atoms with E-state index in [1.165, 1.54) is 16.7 Å². The molecule has 0 heterocycles. The number of nitrogens with two attached hydrogens (primary N) is 1. The average Bonchev–Trinajstić information content (AvgIpc) is 2.51. The van der Waals surface area contributed by atoms with Crippen LogP contribution in [0.2, 0.25) is 0 Å². The van der Waals surface area contributed by atoms with E-state index < -0.39 is 0 Å². The summed E-state index contributed by atoms with van der Waals surface area (Å²) in [6.07, 6.45) is 1.03. The summed E-state index contributed by atoms with van der Waals surface area (Å²) >= 11 is 0. The maximum Gasteiger partial charge on any atom is 0.0658 e. The van der Waals surface area contributed by atoms with Gasteiger partial charge in [-0.05, 0) is 37.3 Å². The van der Waals surface area contributed by atoms with Crippen LogP contribution in [0.3, 0.4) is 0 Å². The molecule has 3 nitrogen and oxygen atoms in total. The van der Waals surface area contributed by atoms with Crippen LogP contribution in [0.4, 0.5) is 0 Å². The zero-order chi connectivity index (χ0) is 15.7. The van der Waals surface area contributed by atoms with Gasteiger partial charge in [-0.3, -0.25) is 0 Å². The fraction of sp³-hybridized carbons (Fsp3) is 0.300. The fourth-order valence-corrected chi connectivity index (χ4v) is 3.28. The van der Waals surface area contributed by atoms with E-state index in [2.05, 4.69) is 74.6 Å². The molecule has 0 amide bonds. The van der Waals surface area contributed by atoms with Crippen molar-refractivity contribution < 1.29 is 0 Å². The first-order valence-electron chi connectivity index (χ1n) is 8.01. The van der Waals surface area contributed by atoms with E-state index in [0.717, 1.165) is 23.4 Å². The molecule has 2 aromatic carbocycles. The molecular weight excluding hydrogens is 282 g/mol. The van der Waals surface area contributed by atoms with Crippen LogP contribution in [-0.2, 0) is 6.42 Å². The number of rotatable bonds is 2. The highest BCUT2D eigenvalue weighted by molar-refractivity contribution is 5.90. The van der Waals surface area contributed by atoms with Crippen molar-refractivity contribution in [1.29, 1.82) is 0 Å². The highest BCUT2D eigenvalue weighted by atomic mass is 14.9. The molecular formula is C20H27N3. The van der Waals surface area contributed by atoms with Gasteiger partial charge >= 0.3 is 0 Å². The van der Waals surface area contributed by atoms with Gasteiger partial charge in [-0.1, -0.05) is 55.5 Å². The lowest BCUT2D eigenvalue weighted by atomic mass is 9.83. The Morgan fingerprint density at radius 1 is 1.00 bits per heavy atom. The predicted octanol–water partition coefficient (Wildman–Crippen LogP) is 4.29. The van der Waals surface area contributed by atoms with E-state index in [0.29, 0.717) is 12.0 Å². The molecule has 1 aliphatic rings. The third-order valence-electron chi connectivity index (χ3n) is 4.30. The molecule has 1 unspecified atom stereocenters. The van der Waals surface area contributed by atoms with E-state index >= 15 is 0 Å². The van der Waals surface area contributed by atoms with Gasteiger partial charge in [0.1, 0.15) is 0 Å². The largest absolute Gasteiger partial charge is 0.397 e. The third-order valence-corrected chi connectivity index (χ3v) is 4.30. The van der Waals surface area contributed by atoms with Gasteiger partial charge in [0.05, 0.1) is 11.4 Å². The Morgan fingerprint density at radius 2 is 1.61 bits per heavy atom. The van der Waals surface area contributed by atoms with Crippen LogP contribution in [0.25, 0.3) is 11.4 Å². The number of hydrogen-bond donors (Lipinski definition) is 3. The zero-order valence-electron chi connectivity index (χ0n) is 14.3. The second-order valence-electron chi connectivity index (χ2n) is 6.44. The summed E-state index contributed by atoms with van der Waals surface area (Å²) in [4.78, 5) is 0. The van der Waals surface area contributed by atoms with Crippen molar-refractivity contribution in [3.63, 3.8) is 0 Å². The maximum atomic E-state index is 6.60. The molecule has 0 saturated carbocycles. The highest BCUT2D eigenvalue weighted by Gasteiger charge is 2.22. The summed E-state index contributed by atoms with van der Waals surface area (Å²) in [6, 6.07) is 17.4. The zero-order valence-corrected chi connectivity index (χ0v) is 14.3. The average molecular weight is 309 g/mol. The molecule has 2 aromatic rings. The van der Waals surface area contributed by atoms with E-state index in [-0.39, 0.29) is 6.15 Å². The number of hydrogen-bond acceptors (Lipinski definition) is 3. The lowest BCUT2D eigenvalue weighted by molar-refractivity contribution is 0.709. The van der Waals surface area contributed by atoms with Crippen LogP contribution < -0.4 is 17.2 Å². The van der Waals surface area contributed by atoms with Crippen molar-refractivity contribution in [2.75, 3.05) is 0 Å². The Balaban J connectivity index is 0.00000192. The van der Waals surface area contributed by atoms with Crippen LogP contribution in [0, 0.1) is 0 Å². The van der Waals surface area contributed by atoms with Crippen molar-refractivity contribution in [2.24, 2.45) is 5.73 Å². The summed E-state index contributed by atoms with van der Waals surface area (Å²) < 4.78 is 0. The van der Waals surface area contributed by atoms with Crippen molar-refractivity contribution >= 4 is 11.4 Å². The Hall–Kier alpha value is -2.26. The summed E-state index contributed by atoms with van der Waals surface area (Å²) in [5.41, 5.74) is 13.6. The van der Waals surface area contributed by atoms with Crippen LogP contribution >= 0.6 is 0 Å². The molecule has 0 radical (unpaired) electrons. The summed E-state index contributed by atoms with van der Waals surface area (Å²) in [5.74, 6) is 0.455. The standard InChI is InChI=1S/C20H24N2.H3N/c1-13(2)22-20-17-10-5-4-8-15(17)12-14(3)16-9-6-7-11-18(16)19(20)21;/h4-11,13-14,22H,12,21H2,1-3H3;1H3/b20-19-;. The van der Waals surface area contributed by atoms with Crippen molar-refractivity contribution in [1.82, 2.24) is 11.5 Å². The van der Waals surface area contributed by atoms with E-state index in [1.807, 2.05) is 0 Å². The minimum atomic E-state index is 0. The van der Waals surface area contributed by atoms with Gasteiger partial charge in [-0.25, -0.2) is 0 Å². The minimum absolute atomic E-state index is 0. The van der Waals surface area contributed by atoms with Gasteiger partial charge in [0, 0.05) is 17.2 Å². The molecule has 0 fully saturated rings. The van der Waals surface area contributed by atoms with Crippen molar-refractivity contribution in [2.45, 2.75) is 39.2 Å². The van der Waals surface area contributed by atoms with E-state index in [4.69, 9.17) is 5.73 Å². The fourth-order valence-electron chi connectivity index (χ4n) is 3.28. The predicted molar refractivity (Wildman–Crippen MR) is 99.3 cm³/mol. The van der Waals surface area contributed by atoms with Gasteiger partial charge in [0.15, 0.2) is 0 Å². The Kier molecular flexibility index (Phi) is 5.12. The minimum Gasteiger partial charge on any atom is -0.397 e. The Bertz CT molecular complexity index is 716. The molecule has 122 valence electrons. The molecule has 6 N–H and O–H groups in total. The normalized spacial score (nSPS) is 19.9. The maximum absolute atomic E-state index is 6.60. The van der Waals surface area contributed by atoms with Crippen LogP contribution in [-0.4, -0.2) is 6.04 Å². The number of nitrogens with one attached hydrogen (secondary N) is 1. The van der Waals surface area contributed by atoms with Crippen LogP contribution in [0.15, 0.2) is 48.5 Å². The molecule has 0 spiro atoms. The first-order valence-corrected chi connectivity index (χ1v) is 8.01. The monoisotopic (exact) mass is 309 g/mol.